The molecule has 220 valence electrons. The number of carbonyl (C=O) groups is 4. The molecule has 1 aromatic rings. The number of carboxylic acids is 1. The molecule has 0 radical (unpaired) electrons. The van der Waals surface area contributed by atoms with Crippen molar-refractivity contribution in [2.75, 3.05) is 0 Å². The summed E-state index contributed by atoms with van der Waals surface area (Å²) in [5, 5.41) is 9.78. The van der Waals surface area contributed by atoms with Crippen LogP contribution < -0.4 is 15.2 Å². The zero-order valence-corrected chi connectivity index (χ0v) is 25.0. The van der Waals surface area contributed by atoms with Crippen LogP contribution in [0.5, 0.6) is 11.5 Å². The highest BCUT2D eigenvalue weighted by atomic mass is 16.7. The SMILES string of the molecule is CCC(C)(C)OC(=O)OC(C)C(C)C(c1ccc(OC(=O)C(C)(C)C)c(OC(=O)C(C)(C)C)c1)[C@H](N)C(=O)O. The molecule has 0 aliphatic carbocycles. The standard InChI is InChI=1S/C29H45NO9/c1-12-29(10,11)39-26(35)36-17(3)16(2)21(22(30)23(31)32)18-13-14-19(37-24(33)27(4,5)6)20(15-18)38-25(34)28(7,8)9/h13-17,21-22H,12,30H2,1-11H3,(H,31,32)/t16?,17?,21?,22-/m0/s1. The van der Waals surface area contributed by atoms with Crippen LogP contribution in [0, 0.1) is 16.7 Å². The van der Waals surface area contributed by atoms with Crippen molar-refractivity contribution < 1.29 is 43.2 Å². The second-order valence-corrected chi connectivity index (χ2v) is 12.5. The van der Waals surface area contributed by atoms with E-state index in [0.717, 1.165) is 0 Å². The molecule has 1 rings (SSSR count). The van der Waals surface area contributed by atoms with Gasteiger partial charge < -0.3 is 29.8 Å². The minimum absolute atomic E-state index is 0.00116. The maximum absolute atomic E-state index is 12.7. The first-order valence-corrected chi connectivity index (χ1v) is 13.1. The fourth-order valence-electron chi connectivity index (χ4n) is 3.27. The molecule has 0 bridgehead atoms. The minimum Gasteiger partial charge on any atom is -0.480 e. The molecule has 3 N–H and O–H groups in total. The summed E-state index contributed by atoms with van der Waals surface area (Å²) >= 11 is 0. The number of nitrogens with two attached hydrogens (primary N) is 1. The van der Waals surface area contributed by atoms with Gasteiger partial charge in [-0.3, -0.25) is 14.4 Å². The van der Waals surface area contributed by atoms with Crippen LogP contribution in [0.25, 0.3) is 0 Å². The topological polar surface area (TPSA) is 151 Å². The molecule has 10 heteroatoms. The lowest BCUT2D eigenvalue weighted by Gasteiger charge is -2.32. The fraction of sp³-hybridized carbons (Fsp3) is 0.655. The van der Waals surface area contributed by atoms with Crippen molar-refractivity contribution in [1.82, 2.24) is 0 Å². The van der Waals surface area contributed by atoms with Gasteiger partial charge >= 0.3 is 24.1 Å². The minimum atomic E-state index is -1.40. The van der Waals surface area contributed by atoms with E-state index in [1.807, 2.05) is 6.92 Å². The zero-order chi connectivity index (χ0) is 30.5. The third-order valence-corrected chi connectivity index (χ3v) is 6.45. The first kappa shape index (κ1) is 33.9. The Bertz CT molecular complexity index is 1050. The highest BCUT2D eigenvalue weighted by Crippen LogP contribution is 2.38. The van der Waals surface area contributed by atoms with Gasteiger partial charge in [0.05, 0.1) is 10.8 Å². The average Bonchev–Trinajstić information content (AvgIpc) is 2.78. The van der Waals surface area contributed by atoms with Crippen molar-refractivity contribution in [2.24, 2.45) is 22.5 Å². The predicted molar refractivity (Wildman–Crippen MR) is 146 cm³/mol. The number of carboxylic acid groups (broad SMARTS) is 1. The Hall–Kier alpha value is -3.14. The van der Waals surface area contributed by atoms with Gasteiger partial charge in [0.1, 0.15) is 17.7 Å². The molecule has 1 aromatic carbocycles. The summed E-state index contributed by atoms with van der Waals surface area (Å²) in [7, 11) is 0. The summed E-state index contributed by atoms with van der Waals surface area (Å²) in [6.07, 6.45) is -1.10. The molecular weight excluding hydrogens is 506 g/mol. The first-order chi connectivity index (χ1) is 17.6. The molecule has 0 saturated heterocycles. The number of hydrogen-bond acceptors (Lipinski definition) is 9. The number of hydrogen-bond donors (Lipinski definition) is 2. The quantitative estimate of drug-likeness (QED) is 0.283. The Balaban J connectivity index is 3.52. The Morgan fingerprint density at radius 1 is 0.872 bits per heavy atom. The number of aliphatic carboxylic acids is 1. The number of ether oxygens (including phenoxy) is 4. The van der Waals surface area contributed by atoms with Crippen LogP contribution in [-0.2, 0) is 23.9 Å². The van der Waals surface area contributed by atoms with E-state index in [2.05, 4.69) is 0 Å². The molecule has 0 aliphatic heterocycles. The van der Waals surface area contributed by atoms with Crippen molar-refractivity contribution in [3.05, 3.63) is 23.8 Å². The fourth-order valence-corrected chi connectivity index (χ4v) is 3.27. The molecule has 0 aliphatic rings. The third-order valence-electron chi connectivity index (χ3n) is 6.45. The predicted octanol–water partition coefficient (Wildman–Crippen LogP) is 5.45. The van der Waals surface area contributed by atoms with Gasteiger partial charge in [0, 0.05) is 11.8 Å². The van der Waals surface area contributed by atoms with Crippen LogP contribution in [-0.4, -0.2) is 46.9 Å². The monoisotopic (exact) mass is 551 g/mol. The van der Waals surface area contributed by atoms with Gasteiger partial charge in [-0.2, -0.15) is 0 Å². The number of carbonyl (C=O) groups excluding carboxylic acids is 3. The largest absolute Gasteiger partial charge is 0.509 e. The molecule has 3 unspecified atom stereocenters. The molecule has 0 fully saturated rings. The van der Waals surface area contributed by atoms with Crippen molar-refractivity contribution in [3.63, 3.8) is 0 Å². The Morgan fingerprint density at radius 3 is 1.79 bits per heavy atom. The van der Waals surface area contributed by atoms with Crippen LogP contribution in [0.3, 0.4) is 0 Å². The van der Waals surface area contributed by atoms with Gasteiger partial charge in [-0.25, -0.2) is 4.79 Å². The zero-order valence-electron chi connectivity index (χ0n) is 25.0. The van der Waals surface area contributed by atoms with Crippen molar-refractivity contribution in [1.29, 1.82) is 0 Å². The van der Waals surface area contributed by atoms with E-state index in [9.17, 15) is 24.3 Å². The molecule has 10 nitrogen and oxygen atoms in total. The lowest BCUT2D eigenvalue weighted by molar-refractivity contribution is -0.145. The van der Waals surface area contributed by atoms with Crippen LogP contribution in [0.1, 0.15) is 94.1 Å². The van der Waals surface area contributed by atoms with Crippen molar-refractivity contribution in [3.8, 4) is 11.5 Å². The van der Waals surface area contributed by atoms with Gasteiger partial charge in [-0.15, -0.1) is 0 Å². The molecule has 39 heavy (non-hydrogen) atoms. The van der Waals surface area contributed by atoms with E-state index in [1.54, 1.807) is 75.3 Å². The van der Waals surface area contributed by atoms with Gasteiger partial charge in [0.25, 0.3) is 0 Å². The van der Waals surface area contributed by atoms with Gasteiger partial charge in [0.2, 0.25) is 0 Å². The average molecular weight is 552 g/mol. The first-order valence-electron chi connectivity index (χ1n) is 13.1. The summed E-state index contributed by atoms with van der Waals surface area (Å²) in [6.45, 7) is 18.7. The van der Waals surface area contributed by atoms with E-state index >= 15 is 0 Å². The summed E-state index contributed by atoms with van der Waals surface area (Å²) in [6, 6.07) is 3.02. The summed E-state index contributed by atoms with van der Waals surface area (Å²) in [4.78, 5) is 49.7. The van der Waals surface area contributed by atoms with Gasteiger partial charge in [-0.1, -0.05) is 19.9 Å². The molecule has 0 spiro atoms. The molecular formula is C29H45NO9. The van der Waals surface area contributed by atoms with E-state index < -0.39 is 64.5 Å². The van der Waals surface area contributed by atoms with E-state index in [1.165, 1.54) is 12.1 Å². The van der Waals surface area contributed by atoms with Gasteiger partial charge in [0.15, 0.2) is 11.5 Å². The van der Waals surface area contributed by atoms with Crippen LogP contribution in [0.4, 0.5) is 4.79 Å². The summed E-state index contributed by atoms with van der Waals surface area (Å²) in [5.74, 6) is -3.96. The van der Waals surface area contributed by atoms with Gasteiger partial charge in [-0.05, 0) is 86.4 Å². The van der Waals surface area contributed by atoms with Crippen LogP contribution in [0.15, 0.2) is 18.2 Å². The Labute approximate surface area is 231 Å². The van der Waals surface area contributed by atoms with Crippen LogP contribution in [0.2, 0.25) is 0 Å². The van der Waals surface area contributed by atoms with E-state index in [4.69, 9.17) is 24.7 Å². The van der Waals surface area contributed by atoms with Crippen LogP contribution >= 0.6 is 0 Å². The lowest BCUT2D eigenvalue weighted by atomic mass is 9.79. The van der Waals surface area contributed by atoms with E-state index in [0.29, 0.717) is 12.0 Å². The highest BCUT2D eigenvalue weighted by Gasteiger charge is 2.37. The summed E-state index contributed by atoms with van der Waals surface area (Å²) in [5.41, 5.74) is 4.07. The number of rotatable bonds is 10. The molecule has 0 heterocycles. The second kappa shape index (κ2) is 12.8. The second-order valence-electron chi connectivity index (χ2n) is 12.5. The molecule has 4 atom stereocenters. The van der Waals surface area contributed by atoms with E-state index in [-0.39, 0.29) is 11.5 Å². The molecule has 0 amide bonds. The van der Waals surface area contributed by atoms with Crippen molar-refractivity contribution >= 4 is 24.1 Å². The maximum Gasteiger partial charge on any atom is 0.509 e. The number of benzene rings is 1. The number of esters is 2. The Kier molecular flexibility index (Phi) is 11.1. The normalized spacial score (nSPS) is 15.4. The highest BCUT2D eigenvalue weighted by molar-refractivity contribution is 5.81. The summed E-state index contributed by atoms with van der Waals surface area (Å²) < 4.78 is 22.0. The molecule has 0 aromatic heterocycles. The molecule has 0 saturated carbocycles. The third kappa shape index (κ3) is 9.84. The maximum atomic E-state index is 12.7. The smallest absolute Gasteiger partial charge is 0.480 e. The Morgan fingerprint density at radius 2 is 1.36 bits per heavy atom. The lowest BCUT2D eigenvalue weighted by Crippen LogP contribution is -2.43. The van der Waals surface area contributed by atoms with Crippen molar-refractivity contribution in [2.45, 2.75) is 106 Å².